The molecule has 0 radical (unpaired) electrons. The first kappa shape index (κ1) is 22.7. The monoisotopic (exact) mass is 443 g/mol. The maximum Gasteiger partial charge on any atom is 0.257 e. The van der Waals surface area contributed by atoms with Crippen LogP contribution < -0.4 is 10.6 Å². The van der Waals surface area contributed by atoms with Gasteiger partial charge >= 0.3 is 0 Å². The van der Waals surface area contributed by atoms with Crippen LogP contribution >= 0.6 is 11.6 Å². The van der Waals surface area contributed by atoms with Crippen molar-refractivity contribution in [2.45, 2.75) is 33.6 Å². The summed E-state index contributed by atoms with van der Waals surface area (Å²) in [5, 5.41) is 6.08. The Morgan fingerprint density at radius 2 is 1.90 bits per heavy atom. The number of piperidine rings is 1. The van der Waals surface area contributed by atoms with E-state index in [4.69, 9.17) is 11.6 Å². The van der Waals surface area contributed by atoms with Crippen LogP contribution in [-0.2, 0) is 9.59 Å². The number of pyridine rings is 2. The minimum atomic E-state index is -0.604. The van der Waals surface area contributed by atoms with Gasteiger partial charge in [0.1, 0.15) is 5.82 Å². The predicted molar refractivity (Wildman–Crippen MR) is 119 cm³/mol. The van der Waals surface area contributed by atoms with Gasteiger partial charge in [0.05, 0.1) is 22.2 Å². The molecular weight excluding hydrogens is 418 g/mol. The second-order valence-electron chi connectivity index (χ2n) is 8.57. The molecule has 0 saturated carbocycles. The van der Waals surface area contributed by atoms with Crippen molar-refractivity contribution in [2.75, 3.05) is 23.7 Å². The molecular formula is C22H26ClN5O3. The molecule has 8 nitrogen and oxygen atoms in total. The Balaban J connectivity index is 1.70. The summed E-state index contributed by atoms with van der Waals surface area (Å²) < 4.78 is 0. The smallest absolute Gasteiger partial charge is 0.257 e. The van der Waals surface area contributed by atoms with Crippen molar-refractivity contribution >= 4 is 40.8 Å². The summed E-state index contributed by atoms with van der Waals surface area (Å²) in [6.07, 6.45) is 5.80. The number of anilines is 2. The van der Waals surface area contributed by atoms with E-state index < -0.39 is 5.41 Å². The molecule has 9 heteroatoms. The number of likely N-dealkylation sites (tertiary alicyclic amines) is 1. The van der Waals surface area contributed by atoms with Crippen LogP contribution in [0.1, 0.15) is 44.0 Å². The van der Waals surface area contributed by atoms with Crippen LogP contribution in [0.3, 0.4) is 0 Å². The number of carbonyl (C=O) groups is 3. The van der Waals surface area contributed by atoms with Crippen LogP contribution in [0.15, 0.2) is 36.8 Å². The molecule has 0 spiro atoms. The van der Waals surface area contributed by atoms with Gasteiger partial charge in [0, 0.05) is 37.1 Å². The molecule has 1 saturated heterocycles. The van der Waals surface area contributed by atoms with Gasteiger partial charge < -0.3 is 15.5 Å². The zero-order chi connectivity index (χ0) is 22.6. The lowest BCUT2D eigenvalue weighted by molar-refractivity contribution is -0.123. The van der Waals surface area contributed by atoms with Crippen molar-refractivity contribution < 1.29 is 14.4 Å². The fourth-order valence-corrected chi connectivity index (χ4v) is 3.32. The number of nitrogens with one attached hydrogen (secondary N) is 2. The molecule has 3 heterocycles. The number of carbonyl (C=O) groups excluding carboxylic acids is 3. The fourth-order valence-electron chi connectivity index (χ4n) is 3.21. The molecule has 1 atom stereocenters. The largest absolute Gasteiger partial charge is 0.338 e. The number of hydrogen-bond donors (Lipinski definition) is 2. The van der Waals surface area contributed by atoms with E-state index in [0.717, 1.165) is 0 Å². The minimum Gasteiger partial charge on any atom is -0.338 e. The quantitative estimate of drug-likeness (QED) is 0.751. The van der Waals surface area contributed by atoms with E-state index in [1.807, 2.05) is 0 Å². The van der Waals surface area contributed by atoms with Crippen LogP contribution in [0.2, 0.25) is 5.02 Å². The molecule has 1 fully saturated rings. The van der Waals surface area contributed by atoms with E-state index in [1.165, 1.54) is 18.6 Å². The second kappa shape index (κ2) is 9.43. The summed E-state index contributed by atoms with van der Waals surface area (Å²) >= 11 is 5.83. The molecule has 2 aromatic rings. The molecule has 31 heavy (non-hydrogen) atoms. The van der Waals surface area contributed by atoms with E-state index in [9.17, 15) is 14.4 Å². The van der Waals surface area contributed by atoms with Gasteiger partial charge in [0.25, 0.3) is 5.91 Å². The Labute approximate surface area is 186 Å². The molecule has 1 aliphatic rings. The zero-order valence-electron chi connectivity index (χ0n) is 17.8. The zero-order valence-corrected chi connectivity index (χ0v) is 18.6. The van der Waals surface area contributed by atoms with E-state index in [0.29, 0.717) is 41.5 Å². The van der Waals surface area contributed by atoms with Crippen molar-refractivity contribution in [3.05, 3.63) is 47.4 Å². The summed E-state index contributed by atoms with van der Waals surface area (Å²) in [4.78, 5) is 48.0. The summed E-state index contributed by atoms with van der Waals surface area (Å²) in [5.74, 6) is -0.602. The van der Waals surface area contributed by atoms with Gasteiger partial charge in [-0.3, -0.25) is 19.4 Å². The summed E-state index contributed by atoms with van der Waals surface area (Å²) in [5.41, 5.74) is 0.116. The molecule has 0 unspecified atom stereocenters. The van der Waals surface area contributed by atoms with E-state index in [-0.39, 0.29) is 30.2 Å². The second-order valence-corrected chi connectivity index (χ2v) is 9.00. The van der Waals surface area contributed by atoms with Crippen molar-refractivity contribution in [2.24, 2.45) is 11.3 Å². The van der Waals surface area contributed by atoms with Crippen LogP contribution in [0.4, 0.5) is 11.5 Å². The average molecular weight is 444 g/mol. The third-order valence-electron chi connectivity index (χ3n) is 5.04. The molecule has 0 bridgehead atoms. The molecule has 0 aliphatic carbocycles. The van der Waals surface area contributed by atoms with Crippen molar-refractivity contribution in [3.63, 3.8) is 0 Å². The number of amides is 3. The highest BCUT2D eigenvalue weighted by molar-refractivity contribution is 6.30. The third kappa shape index (κ3) is 5.79. The molecule has 3 amide bonds. The first-order chi connectivity index (χ1) is 14.6. The fraction of sp³-hybridized carbons (Fsp3) is 0.409. The Morgan fingerprint density at radius 3 is 2.58 bits per heavy atom. The average Bonchev–Trinajstić information content (AvgIpc) is 2.74. The van der Waals surface area contributed by atoms with E-state index in [1.54, 1.807) is 43.9 Å². The molecule has 2 N–H and O–H groups in total. The van der Waals surface area contributed by atoms with Gasteiger partial charge in [0.15, 0.2) is 0 Å². The number of aromatic nitrogens is 2. The normalized spacial score (nSPS) is 16.5. The number of rotatable bonds is 4. The van der Waals surface area contributed by atoms with Gasteiger partial charge in [-0.25, -0.2) is 4.98 Å². The van der Waals surface area contributed by atoms with Crippen LogP contribution in [0, 0.1) is 11.3 Å². The highest BCUT2D eigenvalue weighted by Gasteiger charge is 2.31. The lowest BCUT2D eigenvalue weighted by Gasteiger charge is -2.32. The highest BCUT2D eigenvalue weighted by atomic mass is 35.5. The van der Waals surface area contributed by atoms with Crippen molar-refractivity contribution in [3.8, 4) is 0 Å². The van der Waals surface area contributed by atoms with Gasteiger partial charge in [-0.15, -0.1) is 0 Å². The highest BCUT2D eigenvalue weighted by Crippen LogP contribution is 2.24. The molecule has 164 valence electrons. The van der Waals surface area contributed by atoms with Gasteiger partial charge in [-0.2, -0.15) is 0 Å². The number of hydrogen-bond acceptors (Lipinski definition) is 5. The van der Waals surface area contributed by atoms with Crippen molar-refractivity contribution in [1.29, 1.82) is 0 Å². The lowest BCUT2D eigenvalue weighted by Crippen LogP contribution is -2.44. The predicted octanol–water partition coefficient (Wildman–Crippen LogP) is 3.61. The van der Waals surface area contributed by atoms with Gasteiger partial charge in [0.2, 0.25) is 11.8 Å². The Hall–Kier alpha value is -3.00. The summed E-state index contributed by atoms with van der Waals surface area (Å²) in [6, 6.07) is 4.89. The minimum absolute atomic E-state index is 0.195. The standard InChI is InChI=1S/C22H26ClN5O3/c1-22(2,3)21(31)26-17-8-9-24-12-16(17)20(30)28-10-4-5-14(13-28)19(29)27-18-7-6-15(23)11-25-18/h6-9,11-12,14H,4-5,10,13H2,1-3H3,(H,24,26,31)(H,25,27,29)/t14-/m0/s1. The molecule has 2 aromatic heterocycles. The maximum atomic E-state index is 13.2. The van der Waals surface area contributed by atoms with E-state index in [2.05, 4.69) is 20.6 Å². The van der Waals surface area contributed by atoms with Crippen LogP contribution in [-0.4, -0.2) is 45.7 Å². The van der Waals surface area contributed by atoms with Gasteiger partial charge in [-0.1, -0.05) is 32.4 Å². The van der Waals surface area contributed by atoms with Crippen LogP contribution in [0.5, 0.6) is 0 Å². The molecule has 3 rings (SSSR count). The summed E-state index contributed by atoms with van der Waals surface area (Å²) in [6.45, 7) is 6.21. The number of halogens is 1. The molecule has 0 aromatic carbocycles. The molecule has 1 aliphatic heterocycles. The van der Waals surface area contributed by atoms with E-state index >= 15 is 0 Å². The SMILES string of the molecule is CC(C)(C)C(=O)Nc1ccncc1C(=O)N1CCC[C@H](C(=O)Nc2ccc(Cl)cn2)C1. The Morgan fingerprint density at radius 1 is 1.13 bits per heavy atom. The van der Waals surface area contributed by atoms with Crippen molar-refractivity contribution in [1.82, 2.24) is 14.9 Å². The number of nitrogens with zero attached hydrogens (tertiary/aromatic N) is 3. The van der Waals surface area contributed by atoms with Gasteiger partial charge in [-0.05, 0) is 31.0 Å². The Bertz CT molecular complexity index is 972. The Kier molecular flexibility index (Phi) is 6.90. The third-order valence-corrected chi connectivity index (χ3v) is 5.26. The topological polar surface area (TPSA) is 104 Å². The maximum absolute atomic E-state index is 13.2. The van der Waals surface area contributed by atoms with Crippen LogP contribution in [0.25, 0.3) is 0 Å². The summed E-state index contributed by atoms with van der Waals surface area (Å²) in [7, 11) is 0. The first-order valence-corrected chi connectivity index (χ1v) is 10.5. The first-order valence-electron chi connectivity index (χ1n) is 10.1. The lowest BCUT2D eigenvalue weighted by atomic mass is 9.95.